The first-order valence-electron chi connectivity index (χ1n) is 6.96. The van der Waals surface area contributed by atoms with Crippen LogP contribution in [0.3, 0.4) is 0 Å². The average molecular weight is 283 g/mol. The van der Waals surface area contributed by atoms with Crippen molar-refractivity contribution >= 4 is 11.8 Å². The van der Waals surface area contributed by atoms with Crippen molar-refractivity contribution in [1.29, 1.82) is 0 Å². The Balaban J connectivity index is 1.71. The Labute approximate surface area is 123 Å². The molecule has 1 aliphatic rings. The van der Waals surface area contributed by atoms with E-state index in [2.05, 4.69) is 0 Å². The second kappa shape index (κ2) is 5.87. The van der Waals surface area contributed by atoms with Gasteiger partial charge in [0.05, 0.1) is 12.2 Å². The summed E-state index contributed by atoms with van der Waals surface area (Å²) in [6.45, 7) is 3.26. The molecule has 1 heterocycles. The summed E-state index contributed by atoms with van der Waals surface area (Å²) in [5.74, 6) is 0.734. The molecule has 0 radical (unpaired) electrons. The number of anilines is 1. The van der Waals surface area contributed by atoms with E-state index in [1.54, 1.807) is 4.90 Å². The van der Waals surface area contributed by atoms with Crippen molar-refractivity contribution in [3.8, 4) is 5.75 Å². The number of fused-ring (bicyclic) bond motifs is 1. The van der Waals surface area contributed by atoms with E-state index < -0.39 is 0 Å². The highest BCUT2D eigenvalue weighted by Gasteiger charge is 2.24. The summed E-state index contributed by atoms with van der Waals surface area (Å²) >= 11 is 0. The number of nitrogens with zero attached hydrogens (tertiary/aromatic N) is 1. The van der Waals surface area contributed by atoms with Crippen LogP contribution in [0, 0.1) is 6.92 Å². The number of rotatable bonds is 2. The number of hydrogen-bond donors (Lipinski definition) is 0. The Bertz CT molecular complexity index is 640. The predicted octanol–water partition coefficient (Wildman–Crippen LogP) is 3.53. The minimum atomic E-state index is -0.341. The Morgan fingerprint density at radius 2 is 2.05 bits per heavy atom. The Kier molecular flexibility index (Phi) is 3.77. The number of ether oxygens (including phenoxy) is 2. The third kappa shape index (κ3) is 2.99. The molecule has 2 aromatic rings. The topological polar surface area (TPSA) is 38.8 Å². The lowest BCUT2D eigenvalue weighted by Crippen LogP contribution is -2.38. The van der Waals surface area contributed by atoms with Crippen molar-refractivity contribution in [2.24, 2.45) is 0 Å². The van der Waals surface area contributed by atoms with Crippen LogP contribution >= 0.6 is 0 Å². The van der Waals surface area contributed by atoms with E-state index in [9.17, 15) is 4.79 Å². The van der Waals surface area contributed by atoms with Crippen molar-refractivity contribution in [2.45, 2.75) is 13.5 Å². The summed E-state index contributed by atoms with van der Waals surface area (Å²) in [7, 11) is 0. The van der Waals surface area contributed by atoms with Gasteiger partial charge in [-0.25, -0.2) is 4.79 Å². The summed E-state index contributed by atoms with van der Waals surface area (Å²) in [4.78, 5) is 13.9. The van der Waals surface area contributed by atoms with Crippen LogP contribution < -0.4 is 9.64 Å². The molecule has 108 valence electrons. The fourth-order valence-corrected chi connectivity index (χ4v) is 2.31. The van der Waals surface area contributed by atoms with E-state index in [0.717, 1.165) is 22.6 Å². The number of hydrogen-bond acceptors (Lipinski definition) is 3. The molecule has 0 unspecified atom stereocenters. The van der Waals surface area contributed by atoms with E-state index in [4.69, 9.17) is 9.47 Å². The molecule has 0 atom stereocenters. The highest BCUT2D eigenvalue weighted by atomic mass is 16.6. The molecule has 4 nitrogen and oxygen atoms in total. The van der Waals surface area contributed by atoms with Crippen LogP contribution in [0.15, 0.2) is 48.5 Å². The fourth-order valence-electron chi connectivity index (χ4n) is 2.31. The summed E-state index contributed by atoms with van der Waals surface area (Å²) in [6.07, 6.45) is -0.341. The van der Waals surface area contributed by atoms with Crippen LogP contribution in [-0.4, -0.2) is 19.2 Å². The molecule has 0 saturated carbocycles. The largest absolute Gasteiger partial charge is 0.490 e. The second-order valence-corrected chi connectivity index (χ2v) is 5.01. The van der Waals surface area contributed by atoms with Gasteiger partial charge in [-0.15, -0.1) is 0 Å². The monoisotopic (exact) mass is 283 g/mol. The van der Waals surface area contributed by atoms with Gasteiger partial charge in [-0.2, -0.15) is 0 Å². The van der Waals surface area contributed by atoms with Crippen LogP contribution in [0.1, 0.15) is 11.1 Å². The lowest BCUT2D eigenvalue weighted by molar-refractivity contribution is 0.144. The van der Waals surface area contributed by atoms with Gasteiger partial charge in [-0.1, -0.05) is 36.4 Å². The zero-order valence-corrected chi connectivity index (χ0v) is 11.9. The third-order valence-corrected chi connectivity index (χ3v) is 3.40. The number of amides is 1. The SMILES string of the molecule is Cc1ccc2c(c1)OCCN2C(=O)OCc1ccccc1. The molecule has 4 heteroatoms. The van der Waals surface area contributed by atoms with Crippen molar-refractivity contribution in [1.82, 2.24) is 0 Å². The van der Waals surface area contributed by atoms with Crippen LogP contribution in [0.25, 0.3) is 0 Å². The molecule has 2 aromatic carbocycles. The maximum atomic E-state index is 12.3. The van der Waals surface area contributed by atoms with Crippen molar-refractivity contribution in [3.63, 3.8) is 0 Å². The third-order valence-electron chi connectivity index (χ3n) is 3.40. The molecule has 0 saturated heterocycles. The second-order valence-electron chi connectivity index (χ2n) is 5.01. The van der Waals surface area contributed by atoms with E-state index in [-0.39, 0.29) is 12.7 Å². The molecule has 0 bridgehead atoms. The van der Waals surface area contributed by atoms with Gasteiger partial charge in [0.1, 0.15) is 19.0 Å². The summed E-state index contributed by atoms with van der Waals surface area (Å²) in [6, 6.07) is 15.5. The van der Waals surface area contributed by atoms with E-state index in [1.165, 1.54) is 0 Å². The summed E-state index contributed by atoms with van der Waals surface area (Å²) < 4.78 is 11.0. The van der Waals surface area contributed by atoms with Crippen LogP contribution in [0.2, 0.25) is 0 Å². The highest BCUT2D eigenvalue weighted by Crippen LogP contribution is 2.32. The molecule has 0 N–H and O–H groups in total. The van der Waals surface area contributed by atoms with E-state index in [0.29, 0.717) is 13.2 Å². The highest BCUT2D eigenvalue weighted by molar-refractivity contribution is 5.90. The quantitative estimate of drug-likeness (QED) is 0.846. The molecule has 1 amide bonds. The van der Waals surface area contributed by atoms with Crippen LogP contribution in [0.4, 0.5) is 10.5 Å². The predicted molar refractivity (Wildman–Crippen MR) is 80.6 cm³/mol. The molecule has 3 rings (SSSR count). The maximum Gasteiger partial charge on any atom is 0.414 e. The summed E-state index contributed by atoms with van der Waals surface area (Å²) in [5, 5.41) is 0. The first-order valence-corrected chi connectivity index (χ1v) is 6.96. The van der Waals surface area contributed by atoms with Crippen LogP contribution in [-0.2, 0) is 11.3 Å². The summed E-state index contributed by atoms with van der Waals surface area (Å²) in [5.41, 5.74) is 2.85. The van der Waals surface area contributed by atoms with Crippen molar-refractivity contribution in [3.05, 3.63) is 59.7 Å². The Morgan fingerprint density at radius 1 is 1.24 bits per heavy atom. The van der Waals surface area contributed by atoms with Crippen molar-refractivity contribution in [2.75, 3.05) is 18.1 Å². The smallest absolute Gasteiger partial charge is 0.414 e. The molecule has 0 aromatic heterocycles. The maximum absolute atomic E-state index is 12.3. The van der Waals surface area contributed by atoms with Crippen molar-refractivity contribution < 1.29 is 14.3 Å². The normalized spacial score (nSPS) is 13.3. The zero-order chi connectivity index (χ0) is 14.7. The standard InChI is InChI=1S/C17H17NO3/c1-13-7-8-15-16(11-13)20-10-9-18(15)17(19)21-12-14-5-3-2-4-6-14/h2-8,11H,9-10,12H2,1H3. The Morgan fingerprint density at radius 3 is 2.86 bits per heavy atom. The van der Waals surface area contributed by atoms with Gasteiger partial charge < -0.3 is 9.47 Å². The average Bonchev–Trinajstić information content (AvgIpc) is 2.52. The van der Waals surface area contributed by atoms with Gasteiger partial charge in [0.2, 0.25) is 0 Å². The van der Waals surface area contributed by atoms with Gasteiger partial charge in [0.25, 0.3) is 0 Å². The molecule has 0 fully saturated rings. The number of benzene rings is 2. The fraction of sp³-hybridized carbons (Fsp3) is 0.235. The minimum absolute atomic E-state index is 0.276. The molecule has 1 aliphatic heterocycles. The molecule has 0 spiro atoms. The molecule has 0 aliphatic carbocycles. The number of carbonyl (C=O) groups is 1. The molecule has 21 heavy (non-hydrogen) atoms. The zero-order valence-electron chi connectivity index (χ0n) is 11.9. The first kappa shape index (κ1) is 13.5. The number of aryl methyl sites for hydroxylation is 1. The van der Waals surface area contributed by atoms with Crippen LogP contribution in [0.5, 0.6) is 5.75 Å². The van der Waals surface area contributed by atoms with Gasteiger partial charge in [-0.05, 0) is 30.2 Å². The van der Waals surface area contributed by atoms with Gasteiger partial charge in [-0.3, -0.25) is 4.90 Å². The Hall–Kier alpha value is -2.49. The molecular weight excluding hydrogens is 266 g/mol. The lowest BCUT2D eigenvalue weighted by Gasteiger charge is -2.29. The first-order chi connectivity index (χ1) is 10.2. The van der Waals surface area contributed by atoms with Gasteiger partial charge in [0.15, 0.2) is 0 Å². The van der Waals surface area contributed by atoms with E-state index >= 15 is 0 Å². The van der Waals surface area contributed by atoms with Gasteiger partial charge in [0, 0.05) is 0 Å². The number of carbonyl (C=O) groups excluding carboxylic acids is 1. The lowest BCUT2D eigenvalue weighted by atomic mass is 10.2. The van der Waals surface area contributed by atoms with Gasteiger partial charge >= 0.3 is 6.09 Å². The van der Waals surface area contributed by atoms with E-state index in [1.807, 2.05) is 55.5 Å². The molecular formula is C17H17NO3. The minimum Gasteiger partial charge on any atom is -0.490 e.